The Bertz CT molecular complexity index is 804. The molecule has 0 aromatic carbocycles. The zero-order chi connectivity index (χ0) is 13.4. The average Bonchev–Trinajstić information content (AvgIpc) is 2.84. The third-order valence-electron chi connectivity index (χ3n) is 2.91. The molecule has 0 atom stereocenters. The summed E-state index contributed by atoms with van der Waals surface area (Å²) in [5, 5.41) is 0. The normalized spacial score (nSPS) is 10.8. The van der Waals surface area contributed by atoms with Crippen LogP contribution in [0, 0.1) is 0 Å². The van der Waals surface area contributed by atoms with Crippen molar-refractivity contribution in [1.29, 1.82) is 0 Å². The van der Waals surface area contributed by atoms with Gasteiger partial charge in [-0.3, -0.25) is 4.79 Å². The number of nitrogens with one attached hydrogen (secondary N) is 1. The van der Waals surface area contributed by atoms with Crippen LogP contribution < -0.4 is 10.3 Å². The Kier molecular flexibility index (Phi) is 2.56. The number of methoxy groups -OCH3 is 1. The van der Waals surface area contributed by atoms with Crippen LogP contribution in [0.1, 0.15) is 0 Å². The second-order valence-corrected chi connectivity index (χ2v) is 4.17. The van der Waals surface area contributed by atoms with Crippen molar-refractivity contribution in [3.05, 3.63) is 40.8 Å². The molecule has 0 saturated heterocycles. The van der Waals surface area contributed by atoms with Crippen LogP contribution in [-0.4, -0.2) is 26.6 Å². The summed E-state index contributed by atoms with van der Waals surface area (Å²) in [7, 11) is 3.26. The molecule has 0 aliphatic carbocycles. The fraction of sp³-hybridized carbons (Fsp3) is 0.154. The van der Waals surface area contributed by atoms with Crippen molar-refractivity contribution >= 4 is 11.2 Å². The number of H-pyrrole nitrogens is 1. The quantitative estimate of drug-likeness (QED) is 0.750. The number of nitrogens with zero attached hydrogens (tertiary/aromatic N) is 3. The summed E-state index contributed by atoms with van der Waals surface area (Å²) in [6.45, 7) is 0. The number of aromatic amines is 1. The molecule has 3 rings (SSSR count). The highest BCUT2D eigenvalue weighted by molar-refractivity contribution is 5.76. The average molecular weight is 256 g/mol. The smallest absolute Gasteiger partial charge is 0.250 e. The summed E-state index contributed by atoms with van der Waals surface area (Å²) in [5.41, 5.74) is 2.02. The van der Waals surface area contributed by atoms with Crippen molar-refractivity contribution in [2.75, 3.05) is 7.11 Å². The maximum atomic E-state index is 11.6. The molecule has 6 heteroatoms. The van der Waals surface area contributed by atoms with Gasteiger partial charge in [0, 0.05) is 30.9 Å². The van der Waals surface area contributed by atoms with Crippen molar-refractivity contribution in [3.63, 3.8) is 0 Å². The van der Waals surface area contributed by atoms with Crippen molar-refractivity contribution in [1.82, 2.24) is 19.5 Å². The summed E-state index contributed by atoms with van der Waals surface area (Å²) in [6, 6.07) is 6.97. The van der Waals surface area contributed by atoms with Crippen molar-refractivity contribution < 1.29 is 4.74 Å². The Morgan fingerprint density at radius 3 is 2.84 bits per heavy atom. The second-order valence-electron chi connectivity index (χ2n) is 4.17. The van der Waals surface area contributed by atoms with Gasteiger partial charge in [0.25, 0.3) is 5.56 Å². The Balaban J connectivity index is 2.14. The second kappa shape index (κ2) is 4.24. The number of ether oxygens (including phenoxy) is 1. The minimum absolute atomic E-state index is 0.0801. The Hall–Kier alpha value is -2.63. The van der Waals surface area contributed by atoms with Gasteiger partial charge in [-0.25, -0.2) is 4.98 Å². The molecular formula is C13H12N4O2. The fourth-order valence-electron chi connectivity index (χ4n) is 1.82. The van der Waals surface area contributed by atoms with Crippen LogP contribution in [-0.2, 0) is 7.05 Å². The molecule has 6 nitrogen and oxygen atoms in total. The number of imidazole rings is 1. The molecule has 0 spiro atoms. The Morgan fingerprint density at radius 1 is 1.26 bits per heavy atom. The fourth-order valence-corrected chi connectivity index (χ4v) is 1.82. The predicted octanol–water partition coefficient (Wildman–Crippen LogP) is 1.33. The molecule has 0 radical (unpaired) electrons. The van der Waals surface area contributed by atoms with E-state index in [4.69, 9.17) is 4.74 Å². The van der Waals surface area contributed by atoms with E-state index in [1.165, 1.54) is 10.6 Å². The lowest BCUT2D eigenvalue weighted by atomic mass is 10.2. The van der Waals surface area contributed by atoms with E-state index in [-0.39, 0.29) is 5.56 Å². The zero-order valence-corrected chi connectivity index (χ0v) is 10.5. The van der Waals surface area contributed by atoms with E-state index in [9.17, 15) is 4.79 Å². The Morgan fingerprint density at radius 2 is 2.11 bits per heavy atom. The number of rotatable bonds is 2. The molecule has 0 amide bonds. The minimum Gasteiger partial charge on any atom is -0.481 e. The van der Waals surface area contributed by atoms with Crippen molar-refractivity contribution in [2.45, 2.75) is 0 Å². The van der Waals surface area contributed by atoms with Gasteiger partial charge in [0.05, 0.1) is 12.6 Å². The van der Waals surface area contributed by atoms with Crippen molar-refractivity contribution in [3.8, 4) is 17.3 Å². The number of fused-ring (bicyclic) bond motifs is 1. The van der Waals surface area contributed by atoms with E-state index in [0.29, 0.717) is 17.4 Å². The van der Waals surface area contributed by atoms with Gasteiger partial charge in [0.2, 0.25) is 5.88 Å². The SMILES string of the molecule is COc1ccc2[nH]c(-c3ccn(C)c(=O)c3)nc2n1. The minimum atomic E-state index is -0.0801. The van der Waals surface area contributed by atoms with Crippen LogP contribution >= 0.6 is 0 Å². The number of aromatic nitrogens is 4. The number of hydrogen-bond donors (Lipinski definition) is 1. The summed E-state index contributed by atoms with van der Waals surface area (Å²) >= 11 is 0. The molecule has 3 aromatic rings. The molecule has 0 aliphatic rings. The first-order chi connectivity index (χ1) is 9.17. The van der Waals surface area contributed by atoms with Crippen LogP contribution in [0.4, 0.5) is 0 Å². The van der Waals surface area contributed by atoms with Gasteiger partial charge in [-0.1, -0.05) is 0 Å². The van der Waals surface area contributed by atoms with Gasteiger partial charge < -0.3 is 14.3 Å². The lowest BCUT2D eigenvalue weighted by Gasteiger charge is -1.98. The van der Waals surface area contributed by atoms with Gasteiger partial charge in [-0.05, 0) is 12.1 Å². The largest absolute Gasteiger partial charge is 0.481 e. The molecule has 0 aliphatic heterocycles. The van der Waals surface area contributed by atoms with E-state index in [1.54, 1.807) is 26.4 Å². The third kappa shape index (κ3) is 1.97. The van der Waals surface area contributed by atoms with Gasteiger partial charge in [0.1, 0.15) is 5.82 Å². The van der Waals surface area contributed by atoms with E-state index in [0.717, 1.165) is 11.1 Å². The maximum Gasteiger partial charge on any atom is 0.250 e. The molecule has 96 valence electrons. The number of hydrogen-bond acceptors (Lipinski definition) is 4. The molecule has 0 fully saturated rings. The molecule has 3 heterocycles. The van der Waals surface area contributed by atoms with Gasteiger partial charge in [0.15, 0.2) is 5.65 Å². The first kappa shape index (κ1) is 11.5. The van der Waals surface area contributed by atoms with Crippen LogP contribution in [0.3, 0.4) is 0 Å². The highest BCUT2D eigenvalue weighted by Crippen LogP contribution is 2.19. The number of pyridine rings is 2. The third-order valence-corrected chi connectivity index (χ3v) is 2.91. The lowest BCUT2D eigenvalue weighted by Crippen LogP contribution is -2.14. The molecule has 19 heavy (non-hydrogen) atoms. The maximum absolute atomic E-state index is 11.6. The lowest BCUT2D eigenvalue weighted by molar-refractivity contribution is 0.399. The molecule has 1 N–H and O–H groups in total. The van der Waals surface area contributed by atoms with E-state index in [2.05, 4.69) is 15.0 Å². The van der Waals surface area contributed by atoms with Gasteiger partial charge in [-0.15, -0.1) is 0 Å². The topological polar surface area (TPSA) is 72.8 Å². The van der Waals surface area contributed by atoms with E-state index in [1.807, 2.05) is 12.1 Å². The van der Waals surface area contributed by atoms with Crippen LogP contribution in [0.25, 0.3) is 22.6 Å². The zero-order valence-electron chi connectivity index (χ0n) is 10.5. The van der Waals surface area contributed by atoms with Crippen LogP contribution in [0.15, 0.2) is 35.3 Å². The molecule has 0 bridgehead atoms. The molecular weight excluding hydrogens is 244 g/mol. The molecule has 0 saturated carbocycles. The van der Waals surface area contributed by atoms with Crippen LogP contribution in [0.5, 0.6) is 5.88 Å². The molecule has 0 unspecified atom stereocenters. The highest BCUT2D eigenvalue weighted by Gasteiger charge is 2.08. The summed E-state index contributed by atoms with van der Waals surface area (Å²) in [4.78, 5) is 23.3. The first-order valence-electron chi connectivity index (χ1n) is 5.75. The highest BCUT2D eigenvalue weighted by atomic mass is 16.5. The summed E-state index contributed by atoms with van der Waals surface area (Å²) in [5.74, 6) is 1.13. The van der Waals surface area contributed by atoms with Crippen LogP contribution in [0.2, 0.25) is 0 Å². The van der Waals surface area contributed by atoms with Gasteiger partial charge >= 0.3 is 0 Å². The standard InChI is InChI=1S/C13H12N4O2/c1-17-6-5-8(7-11(17)18)12-14-9-3-4-10(19-2)15-13(9)16-12/h3-7H,1-2H3,(H,14,15,16). The van der Waals surface area contributed by atoms with Crippen molar-refractivity contribution in [2.24, 2.45) is 7.05 Å². The monoisotopic (exact) mass is 256 g/mol. The van der Waals surface area contributed by atoms with Gasteiger partial charge in [-0.2, -0.15) is 4.98 Å². The molecule has 3 aromatic heterocycles. The van der Waals surface area contributed by atoms with E-state index >= 15 is 0 Å². The Labute approximate surface area is 108 Å². The first-order valence-corrected chi connectivity index (χ1v) is 5.75. The summed E-state index contributed by atoms with van der Waals surface area (Å²) < 4.78 is 6.56. The summed E-state index contributed by atoms with van der Waals surface area (Å²) in [6.07, 6.45) is 1.71. The predicted molar refractivity (Wildman–Crippen MR) is 71.1 cm³/mol. The van der Waals surface area contributed by atoms with E-state index < -0.39 is 0 Å². The number of aryl methyl sites for hydroxylation is 1.